The van der Waals surface area contributed by atoms with E-state index in [4.69, 9.17) is 0 Å². The monoisotopic (exact) mass is 432 g/mol. The molecule has 0 aliphatic heterocycles. The summed E-state index contributed by atoms with van der Waals surface area (Å²) in [6.45, 7) is 5.22. The van der Waals surface area contributed by atoms with Gasteiger partial charge in [0.15, 0.2) is 0 Å². The topological polar surface area (TPSA) is 105 Å². The second kappa shape index (κ2) is 7.82. The van der Waals surface area contributed by atoms with Crippen LogP contribution in [0.5, 0.6) is 11.5 Å². The number of carbonyl (C=O) groups is 1. The van der Waals surface area contributed by atoms with Gasteiger partial charge in [0.05, 0.1) is 0 Å². The molecule has 0 aliphatic carbocycles. The summed E-state index contributed by atoms with van der Waals surface area (Å²) in [7, 11) is -4.29. The van der Waals surface area contributed by atoms with Crippen LogP contribution >= 0.6 is 0 Å². The van der Waals surface area contributed by atoms with Gasteiger partial charge in [-0.1, -0.05) is 20.8 Å². The molecule has 0 saturated heterocycles. The lowest BCUT2D eigenvalue weighted by molar-refractivity contribution is -0.274. The molecule has 0 radical (unpaired) electrons. The summed E-state index contributed by atoms with van der Waals surface area (Å²) in [5.41, 5.74) is -0.0436. The van der Waals surface area contributed by atoms with E-state index in [1.54, 1.807) is 20.8 Å². The number of ether oxygens (including phenoxy) is 1. The van der Waals surface area contributed by atoms with Crippen molar-refractivity contribution in [2.24, 2.45) is 5.41 Å². The van der Waals surface area contributed by atoms with Crippen LogP contribution < -0.4 is 14.8 Å². The molecule has 0 atom stereocenters. The fraction of sp³-hybridized carbons (Fsp3) is 0.278. The van der Waals surface area contributed by atoms with Gasteiger partial charge in [-0.3, -0.25) is 9.52 Å². The molecule has 0 spiro atoms. The highest BCUT2D eigenvalue weighted by molar-refractivity contribution is 7.92. The van der Waals surface area contributed by atoms with Crippen LogP contribution in [-0.4, -0.2) is 25.8 Å². The zero-order valence-electron chi connectivity index (χ0n) is 15.7. The number of anilines is 2. The van der Waals surface area contributed by atoms with E-state index in [0.29, 0.717) is 11.8 Å². The number of benzene rings is 2. The number of phenolic OH excluding ortho intramolecular Hbond substituents is 1. The molecule has 2 rings (SSSR count). The van der Waals surface area contributed by atoms with Crippen LogP contribution in [0.3, 0.4) is 0 Å². The van der Waals surface area contributed by atoms with E-state index in [0.717, 1.165) is 12.1 Å². The number of aromatic hydroxyl groups is 1. The van der Waals surface area contributed by atoms with Crippen molar-refractivity contribution in [2.45, 2.75) is 32.0 Å². The molecule has 0 heterocycles. The highest BCUT2D eigenvalue weighted by Gasteiger charge is 2.32. The highest BCUT2D eigenvalue weighted by Crippen LogP contribution is 2.32. The van der Waals surface area contributed by atoms with Gasteiger partial charge in [-0.05, 0) is 36.4 Å². The molecule has 0 aromatic heterocycles. The molecule has 1 amide bonds. The maximum atomic E-state index is 12.4. The Balaban J connectivity index is 2.16. The average molecular weight is 432 g/mol. The van der Waals surface area contributed by atoms with E-state index >= 15 is 0 Å². The van der Waals surface area contributed by atoms with Crippen LogP contribution in [0.15, 0.2) is 47.4 Å². The first kappa shape index (κ1) is 22.3. The number of sulfonamides is 1. The molecule has 0 bridgehead atoms. The lowest BCUT2D eigenvalue weighted by Crippen LogP contribution is -2.27. The summed E-state index contributed by atoms with van der Waals surface area (Å²) >= 11 is 0. The Morgan fingerprint density at radius 3 is 2.03 bits per heavy atom. The number of phenols is 1. The van der Waals surface area contributed by atoms with Crippen molar-refractivity contribution >= 4 is 27.3 Å². The van der Waals surface area contributed by atoms with Crippen molar-refractivity contribution in [2.75, 3.05) is 10.0 Å². The first-order valence-corrected chi connectivity index (χ1v) is 9.69. The largest absolute Gasteiger partial charge is 0.573 e. The summed E-state index contributed by atoms with van der Waals surface area (Å²) in [6, 6.07) is 7.82. The Labute approximate surface area is 165 Å². The molecule has 11 heteroatoms. The van der Waals surface area contributed by atoms with Gasteiger partial charge in [-0.15, -0.1) is 13.2 Å². The number of alkyl halides is 3. The molecule has 2 aromatic carbocycles. The number of rotatable bonds is 5. The molecule has 0 fully saturated rings. The zero-order chi connectivity index (χ0) is 22.0. The van der Waals surface area contributed by atoms with Crippen molar-refractivity contribution < 1.29 is 36.2 Å². The Morgan fingerprint density at radius 1 is 1.00 bits per heavy atom. The number of carbonyl (C=O) groups excluding carboxylic acids is 1. The Bertz CT molecular complexity index is 998. The summed E-state index contributed by atoms with van der Waals surface area (Å²) in [6.07, 6.45) is -4.98. The second-order valence-electron chi connectivity index (χ2n) is 7.06. The lowest BCUT2D eigenvalue weighted by atomic mass is 9.95. The van der Waals surface area contributed by atoms with Gasteiger partial charge < -0.3 is 15.2 Å². The number of amides is 1. The highest BCUT2D eigenvalue weighted by atomic mass is 32.2. The molecule has 0 aliphatic rings. The van der Waals surface area contributed by atoms with Gasteiger partial charge in [0.1, 0.15) is 16.4 Å². The third-order valence-corrected chi connectivity index (χ3v) is 4.96. The van der Waals surface area contributed by atoms with Crippen molar-refractivity contribution in [1.82, 2.24) is 0 Å². The fourth-order valence-corrected chi connectivity index (χ4v) is 3.21. The van der Waals surface area contributed by atoms with Crippen molar-refractivity contribution in [3.63, 3.8) is 0 Å². The van der Waals surface area contributed by atoms with Crippen LogP contribution in [-0.2, 0) is 14.8 Å². The second-order valence-corrected chi connectivity index (χ2v) is 8.72. The zero-order valence-corrected chi connectivity index (χ0v) is 16.5. The SMILES string of the molecule is CC(C)(C)C(=O)Nc1ccc(NS(=O)(=O)c2ccc(OC(F)(F)F)cc2O)cc1. The average Bonchev–Trinajstić information content (AvgIpc) is 2.53. The Morgan fingerprint density at radius 2 is 1.55 bits per heavy atom. The Hall–Kier alpha value is -2.95. The van der Waals surface area contributed by atoms with E-state index in [2.05, 4.69) is 14.8 Å². The minimum absolute atomic E-state index is 0.119. The molecular weight excluding hydrogens is 413 g/mol. The van der Waals surface area contributed by atoms with Crippen LogP contribution in [0.4, 0.5) is 24.5 Å². The van der Waals surface area contributed by atoms with Gasteiger partial charge in [0.2, 0.25) is 5.91 Å². The van der Waals surface area contributed by atoms with Crippen molar-refractivity contribution in [1.29, 1.82) is 0 Å². The predicted molar refractivity (Wildman–Crippen MR) is 100 cm³/mol. The molecule has 7 nitrogen and oxygen atoms in total. The van der Waals surface area contributed by atoms with Crippen molar-refractivity contribution in [3.05, 3.63) is 42.5 Å². The quantitative estimate of drug-likeness (QED) is 0.661. The Kier molecular flexibility index (Phi) is 6.02. The fourth-order valence-electron chi connectivity index (χ4n) is 2.07. The number of hydrogen-bond acceptors (Lipinski definition) is 5. The molecule has 158 valence electrons. The molecule has 0 saturated carbocycles. The summed E-state index contributed by atoms with van der Waals surface area (Å²) in [5.74, 6) is -1.89. The lowest BCUT2D eigenvalue weighted by Gasteiger charge is -2.18. The molecule has 29 heavy (non-hydrogen) atoms. The smallest absolute Gasteiger partial charge is 0.506 e. The number of hydrogen-bond donors (Lipinski definition) is 3. The minimum atomic E-state index is -4.98. The molecule has 0 unspecified atom stereocenters. The minimum Gasteiger partial charge on any atom is -0.506 e. The van der Waals surface area contributed by atoms with E-state index in [-0.39, 0.29) is 11.6 Å². The van der Waals surface area contributed by atoms with Gasteiger partial charge in [0.25, 0.3) is 10.0 Å². The van der Waals surface area contributed by atoms with Gasteiger partial charge in [-0.25, -0.2) is 8.42 Å². The normalized spacial score (nSPS) is 12.3. The summed E-state index contributed by atoms with van der Waals surface area (Å²) in [4.78, 5) is 11.3. The summed E-state index contributed by atoms with van der Waals surface area (Å²) in [5, 5.41) is 12.5. The third-order valence-electron chi connectivity index (χ3n) is 3.53. The maximum Gasteiger partial charge on any atom is 0.573 e. The van der Waals surface area contributed by atoms with Gasteiger partial charge in [-0.2, -0.15) is 0 Å². The number of nitrogens with one attached hydrogen (secondary N) is 2. The molecule has 3 N–H and O–H groups in total. The summed E-state index contributed by atoms with van der Waals surface area (Å²) < 4.78 is 67.3. The van der Waals surface area contributed by atoms with E-state index in [9.17, 15) is 31.5 Å². The van der Waals surface area contributed by atoms with E-state index in [1.807, 2.05) is 0 Å². The number of halogens is 3. The molecular formula is C18H19F3N2O5S. The van der Waals surface area contributed by atoms with Crippen LogP contribution in [0.25, 0.3) is 0 Å². The van der Waals surface area contributed by atoms with Crippen molar-refractivity contribution in [3.8, 4) is 11.5 Å². The standard InChI is InChI=1S/C18H19F3N2O5S/c1-17(2,3)16(25)22-11-4-6-12(7-5-11)23-29(26,27)15-9-8-13(10-14(15)24)28-18(19,20)21/h4-10,23-24H,1-3H3,(H,22,25). The van der Waals surface area contributed by atoms with Crippen LogP contribution in [0.1, 0.15) is 20.8 Å². The maximum absolute atomic E-state index is 12.4. The predicted octanol–water partition coefficient (Wildman–Crippen LogP) is 4.08. The van der Waals surface area contributed by atoms with E-state index in [1.165, 1.54) is 24.3 Å². The first-order valence-electron chi connectivity index (χ1n) is 8.20. The van der Waals surface area contributed by atoms with Crippen LogP contribution in [0, 0.1) is 5.41 Å². The van der Waals surface area contributed by atoms with E-state index < -0.39 is 38.2 Å². The first-order chi connectivity index (χ1) is 13.2. The van der Waals surface area contributed by atoms with Crippen LogP contribution in [0.2, 0.25) is 0 Å². The third kappa shape index (κ3) is 6.28. The van der Waals surface area contributed by atoms with Gasteiger partial charge in [0, 0.05) is 22.9 Å². The van der Waals surface area contributed by atoms with Gasteiger partial charge >= 0.3 is 6.36 Å². The molecule has 2 aromatic rings.